The van der Waals surface area contributed by atoms with Gasteiger partial charge in [-0.15, -0.1) is 0 Å². The summed E-state index contributed by atoms with van der Waals surface area (Å²) in [5, 5.41) is 35.9. The summed E-state index contributed by atoms with van der Waals surface area (Å²) in [5.74, 6) is -0.545. The number of hydrogen-bond donors (Lipinski definition) is 5. The molecule has 0 saturated carbocycles. The van der Waals surface area contributed by atoms with Crippen LogP contribution in [0.2, 0.25) is 5.02 Å². The fourth-order valence-electron chi connectivity index (χ4n) is 5.44. The molecule has 0 aromatic heterocycles. The molecule has 2 amide bonds. The highest BCUT2D eigenvalue weighted by atomic mass is 35.5. The average molecular weight is 723 g/mol. The molecule has 0 unspecified atom stereocenters. The molecule has 5 atom stereocenters. The smallest absolute Gasteiger partial charge is 0.306 e. The zero-order chi connectivity index (χ0) is 36.8. The molecule has 1 aliphatic rings. The maximum atomic E-state index is 13.2. The van der Waals surface area contributed by atoms with Gasteiger partial charge in [0.25, 0.3) is 5.91 Å². The van der Waals surface area contributed by atoms with Crippen molar-refractivity contribution in [2.24, 2.45) is 0 Å². The van der Waals surface area contributed by atoms with E-state index >= 15 is 0 Å². The lowest BCUT2D eigenvalue weighted by molar-refractivity contribution is -0.261. The van der Waals surface area contributed by atoms with Crippen molar-refractivity contribution in [3.63, 3.8) is 0 Å². The Balaban J connectivity index is 1.47. The number of rotatable bonds is 18. The van der Waals surface area contributed by atoms with Crippen LogP contribution in [0, 0.1) is 0 Å². The molecule has 1 aliphatic heterocycles. The molecule has 2 aromatic rings. The summed E-state index contributed by atoms with van der Waals surface area (Å²) in [7, 11) is 2.68. The topological polar surface area (TPSA) is 182 Å². The van der Waals surface area contributed by atoms with Gasteiger partial charge in [0, 0.05) is 31.7 Å². The normalized spacial score (nSPS) is 20.5. The monoisotopic (exact) mass is 722 g/mol. The van der Waals surface area contributed by atoms with Gasteiger partial charge >= 0.3 is 5.97 Å². The number of halogens is 1. The Labute approximate surface area is 298 Å². The quantitative estimate of drug-likeness (QED) is 0.108. The van der Waals surface area contributed by atoms with Gasteiger partial charge in [-0.1, -0.05) is 49.4 Å². The molecule has 14 heteroatoms. The highest BCUT2D eigenvalue weighted by Crippen LogP contribution is 2.34. The molecule has 2 aromatic carbocycles. The predicted molar refractivity (Wildman–Crippen MR) is 186 cm³/mol. The molecular formula is C36H51ClN2O11. The van der Waals surface area contributed by atoms with Crippen LogP contribution in [-0.4, -0.2) is 90.2 Å². The van der Waals surface area contributed by atoms with Gasteiger partial charge in [-0.25, -0.2) is 0 Å². The fourth-order valence-corrected chi connectivity index (χ4v) is 5.65. The Hall–Kier alpha value is -3.46. The number of unbranched alkanes of at least 4 members (excludes halogenated alkanes) is 5. The van der Waals surface area contributed by atoms with E-state index in [0.717, 1.165) is 44.1 Å². The van der Waals surface area contributed by atoms with E-state index in [0.29, 0.717) is 18.5 Å². The second-order valence-electron chi connectivity index (χ2n) is 13.2. The van der Waals surface area contributed by atoms with Crippen LogP contribution in [-0.2, 0) is 30.4 Å². The van der Waals surface area contributed by atoms with Crippen molar-refractivity contribution in [3.05, 3.63) is 52.5 Å². The zero-order valence-corrected chi connectivity index (χ0v) is 30.2. The van der Waals surface area contributed by atoms with Crippen molar-refractivity contribution in [2.75, 3.05) is 26.1 Å². The van der Waals surface area contributed by atoms with E-state index in [1.54, 1.807) is 18.2 Å². The lowest BCUT2D eigenvalue weighted by atomic mass is 9.96. The molecule has 0 aliphatic carbocycles. The van der Waals surface area contributed by atoms with Crippen molar-refractivity contribution in [2.45, 2.75) is 115 Å². The van der Waals surface area contributed by atoms with E-state index in [1.165, 1.54) is 26.4 Å². The number of benzene rings is 2. The summed E-state index contributed by atoms with van der Waals surface area (Å²) in [4.78, 5) is 37.6. The highest BCUT2D eigenvalue weighted by Gasteiger charge is 2.45. The first-order valence-corrected chi connectivity index (χ1v) is 17.2. The molecule has 50 heavy (non-hydrogen) atoms. The summed E-state index contributed by atoms with van der Waals surface area (Å²) < 4.78 is 27.4. The number of methoxy groups -OCH3 is 2. The zero-order valence-electron chi connectivity index (χ0n) is 29.4. The average Bonchev–Trinajstić information content (AvgIpc) is 3.06. The molecular weight excluding hydrogens is 672 g/mol. The van der Waals surface area contributed by atoms with E-state index in [9.17, 15) is 29.7 Å². The van der Waals surface area contributed by atoms with E-state index in [-0.39, 0.29) is 40.6 Å². The molecule has 1 saturated heterocycles. The number of hydrogen-bond acceptors (Lipinski definition) is 11. The van der Waals surface area contributed by atoms with Gasteiger partial charge in [0.2, 0.25) is 5.91 Å². The van der Waals surface area contributed by atoms with E-state index < -0.39 is 48.8 Å². The van der Waals surface area contributed by atoms with Crippen LogP contribution in [0.3, 0.4) is 0 Å². The van der Waals surface area contributed by atoms with Crippen molar-refractivity contribution in [1.29, 1.82) is 0 Å². The number of aliphatic hydroxyl groups is 3. The van der Waals surface area contributed by atoms with Crippen LogP contribution < -0.4 is 20.1 Å². The van der Waals surface area contributed by atoms with Gasteiger partial charge in [-0.3, -0.25) is 14.4 Å². The Morgan fingerprint density at radius 1 is 0.920 bits per heavy atom. The maximum absolute atomic E-state index is 13.2. The summed E-state index contributed by atoms with van der Waals surface area (Å²) in [6.07, 6.45) is 1.10. The minimum atomic E-state index is -1.49. The van der Waals surface area contributed by atoms with Crippen LogP contribution in [0.25, 0.3) is 0 Å². The van der Waals surface area contributed by atoms with Crippen molar-refractivity contribution in [3.8, 4) is 11.5 Å². The predicted octanol–water partition coefficient (Wildman–Crippen LogP) is 4.51. The number of aliphatic hydroxyl groups excluding tert-OH is 3. The van der Waals surface area contributed by atoms with E-state index in [4.69, 9.17) is 35.3 Å². The number of ether oxygens (including phenoxy) is 5. The largest absolute Gasteiger partial charge is 0.496 e. The van der Waals surface area contributed by atoms with Gasteiger partial charge in [0.1, 0.15) is 48.1 Å². The van der Waals surface area contributed by atoms with Crippen LogP contribution in [0.5, 0.6) is 11.5 Å². The molecule has 13 nitrogen and oxygen atoms in total. The number of anilines is 1. The molecule has 1 fully saturated rings. The van der Waals surface area contributed by atoms with Crippen LogP contribution >= 0.6 is 11.6 Å². The summed E-state index contributed by atoms with van der Waals surface area (Å²) in [6.45, 7) is 5.14. The first-order chi connectivity index (χ1) is 23.8. The molecule has 0 bridgehead atoms. The SMILES string of the molecule is COc1cc(OCc2cccc(NC(=O)CCCCCCCCC(=O)OC(C)(C)C)c2)c(Cl)cc1C(=O)N[C@H]1[C@@H](OC)O[C@H](CO)[C@@H](O)[C@@H]1O. The minimum absolute atomic E-state index is 0.0357. The lowest BCUT2D eigenvalue weighted by Gasteiger charge is -2.41. The molecule has 3 rings (SSSR count). The van der Waals surface area contributed by atoms with Crippen LogP contribution in [0.1, 0.15) is 88.1 Å². The van der Waals surface area contributed by atoms with Crippen LogP contribution in [0.15, 0.2) is 36.4 Å². The highest BCUT2D eigenvalue weighted by molar-refractivity contribution is 6.32. The standard InChI is InChI=1S/C36H51ClN2O11/c1-36(2,3)50-30(42)16-11-9-7-6-8-10-15-29(41)38-23-14-12-13-22(17-23)21-48-27-19-26(46-4)24(18-25(27)37)34(45)39-31-33(44)32(43)28(20-40)49-35(31)47-5/h12-14,17-19,28,31-33,35,40,43-44H,6-11,15-16,20-21H2,1-5H3,(H,38,41)(H,39,45)/t28-,31-,32-,33-,35+/m1/s1. The number of amides is 2. The number of nitrogens with one attached hydrogen (secondary N) is 2. The third-order valence-electron chi connectivity index (χ3n) is 7.97. The third kappa shape index (κ3) is 12.7. The van der Waals surface area contributed by atoms with Crippen molar-refractivity contribution >= 4 is 35.1 Å². The summed E-state index contributed by atoms with van der Waals surface area (Å²) in [5.41, 5.74) is 0.977. The molecule has 0 radical (unpaired) electrons. The minimum Gasteiger partial charge on any atom is -0.496 e. The van der Waals surface area contributed by atoms with E-state index in [2.05, 4.69) is 10.6 Å². The molecule has 5 N–H and O–H groups in total. The van der Waals surface area contributed by atoms with Crippen LogP contribution in [0.4, 0.5) is 5.69 Å². The molecule has 278 valence electrons. The Morgan fingerprint density at radius 2 is 1.60 bits per heavy atom. The number of carbonyl (C=O) groups is 3. The maximum Gasteiger partial charge on any atom is 0.306 e. The Bertz CT molecular complexity index is 1410. The van der Waals surface area contributed by atoms with Crippen molar-refractivity contribution in [1.82, 2.24) is 5.32 Å². The first-order valence-electron chi connectivity index (χ1n) is 16.8. The number of carbonyl (C=O) groups excluding carboxylic acids is 3. The third-order valence-corrected chi connectivity index (χ3v) is 8.26. The fraction of sp³-hybridized carbons (Fsp3) is 0.583. The first kappa shape index (κ1) is 41.0. The summed E-state index contributed by atoms with van der Waals surface area (Å²) in [6, 6.07) is 8.89. The number of esters is 1. The summed E-state index contributed by atoms with van der Waals surface area (Å²) >= 11 is 6.48. The van der Waals surface area contributed by atoms with Gasteiger partial charge in [0.05, 0.1) is 24.3 Å². The van der Waals surface area contributed by atoms with Gasteiger partial charge in [0.15, 0.2) is 6.29 Å². The van der Waals surface area contributed by atoms with Crippen molar-refractivity contribution < 1.29 is 53.4 Å². The Morgan fingerprint density at radius 3 is 2.24 bits per heavy atom. The second-order valence-corrected chi connectivity index (χ2v) is 13.6. The molecule has 0 spiro atoms. The van der Waals surface area contributed by atoms with Gasteiger partial charge in [-0.05, 0) is 57.4 Å². The Kier molecular flexibility index (Phi) is 16.2. The second kappa shape index (κ2) is 19.8. The van der Waals surface area contributed by atoms with E-state index in [1.807, 2.05) is 26.8 Å². The van der Waals surface area contributed by atoms with Gasteiger partial charge in [-0.2, -0.15) is 0 Å². The lowest BCUT2D eigenvalue weighted by Crippen LogP contribution is -2.64. The molecule has 1 heterocycles. The van der Waals surface area contributed by atoms with Gasteiger partial charge < -0.3 is 49.6 Å².